The third-order valence-electron chi connectivity index (χ3n) is 9.47. The molecule has 222 valence electrons. The van der Waals surface area contributed by atoms with Gasteiger partial charge in [-0.05, 0) is 98.7 Å². The van der Waals surface area contributed by atoms with Crippen LogP contribution in [-0.2, 0) is 0 Å². The normalized spacial score (nSPS) is 17.3. The number of hydrogen-bond donors (Lipinski definition) is 0. The molecule has 1 aliphatic heterocycles. The summed E-state index contributed by atoms with van der Waals surface area (Å²) in [6.45, 7) is 2.55. The second-order valence-corrected chi connectivity index (χ2v) is 13.0. The Balaban J connectivity index is 0.984. The van der Waals surface area contributed by atoms with Gasteiger partial charge in [0.15, 0.2) is 0 Å². The minimum Gasteiger partial charge on any atom is -0.312 e. The lowest BCUT2D eigenvalue weighted by Crippen LogP contribution is -2.60. The molecule has 1 saturated carbocycles. The molecule has 3 aromatic carbocycles. The topological polar surface area (TPSA) is 87.2 Å². The third kappa shape index (κ3) is 4.88. The highest BCUT2D eigenvalue weighted by atomic mass is 32.1. The predicted octanol–water partition coefficient (Wildman–Crippen LogP) is 6.96. The van der Waals surface area contributed by atoms with Gasteiger partial charge in [-0.15, -0.1) is 5.10 Å². The van der Waals surface area contributed by atoms with Crippen LogP contribution in [0.5, 0.6) is 0 Å². The van der Waals surface area contributed by atoms with Crippen LogP contribution < -0.4 is 9.32 Å². The zero-order valence-electron chi connectivity index (χ0n) is 24.5. The molecule has 8 rings (SSSR count). The van der Waals surface area contributed by atoms with Crippen LogP contribution in [0.3, 0.4) is 0 Å². The van der Waals surface area contributed by atoms with Crippen molar-refractivity contribution in [2.45, 2.75) is 57.4 Å². The molecule has 0 radical (unpaired) electrons. The molecule has 1 aliphatic carbocycles. The second-order valence-electron chi connectivity index (χ2n) is 12.0. The van der Waals surface area contributed by atoms with Gasteiger partial charge in [-0.1, -0.05) is 46.9 Å². The van der Waals surface area contributed by atoms with E-state index in [1.807, 2.05) is 41.0 Å². The quantitative estimate of drug-likeness (QED) is 0.151. The number of carbonyl (C=O) groups excluding carboxylic acids is 1. The lowest BCUT2D eigenvalue weighted by molar-refractivity contribution is 0.0409. The van der Waals surface area contributed by atoms with Crippen LogP contribution in [0.15, 0.2) is 79.0 Å². The molecule has 4 heterocycles. The molecule has 10 heteroatoms. The van der Waals surface area contributed by atoms with E-state index in [-0.39, 0.29) is 0 Å². The first-order chi connectivity index (χ1) is 21.7. The number of benzene rings is 3. The fourth-order valence-corrected chi connectivity index (χ4v) is 8.05. The van der Waals surface area contributed by atoms with Gasteiger partial charge in [0.2, 0.25) is 4.96 Å². The molecule has 0 atom stereocenters. The summed E-state index contributed by atoms with van der Waals surface area (Å²) in [5, 5.41) is 13.8. The van der Waals surface area contributed by atoms with Gasteiger partial charge < -0.3 is 4.84 Å². The Hall–Kier alpha value is -4.41. The van der Waals surface area contributed by atoms with Crippen LogP contribution in [0.2, 0.25) is 0 Å². The van der Waals surface area contributed by atoms with Gasteiger partial charge in [0.05, 0.1) is 36.6 Å². The van der Waals surface area contributed by atoms with Crippen molar-refractivity contribution in [3.8, 4) is 21.8 Å². The molecular weight excluding hydrogens is 570 g/mol. The molecule has 0 bridgehead atoms. The molecule has 0 spiro atoms. The largest absolute Gasteiger partial charge is 0.365 e. The van der Waals surface area contributed by atoms with Crippen molar-refractivity contribution in [1.29, 1.82) is 0 Å². The smallest absolute Gasteiger partial charge is 0.312 e. The SMILES string of the molecule is O=C(On1nnc2ccccc21)c1ccc(-c2cn3nc(-c4ccc([N+]5(C6CCCCC6)CCCCC5)cc4)sc3n2)cc1. The first-order valence-electron chi connectivity index (χ1n) is 15.6. The van der Waals surface area contributed by atoms with Crippen LogP contribution in [-0.4, -0.2) is 54.9 Å². The van der Waals surface area contributed by atoms with Crippen molar-refractivity contribution < 1.29 is 9.63 Å². The summed E-state index contributed by atoms with van der Waals surface area (Å²) in [7, 11) is 0. The number of imidazole rings is 1. The summed E-state index contributed by atoms with van der Waals surface area (Å²) in [6.07, 6.45) is 12.8. The van der Waals surface area contributed by atoms with Crippen molar-refractivity contribution in [3.63, 3.8) is 0 Å². The number of likely N-dealkylation sites (tertiary alicyclic amines) is 1. The number of quaternary nitrogens is 1. The van der Waals surface area contributed by atoms with Crippen molar-refractivity contribution in [2.75, 3.05) is 13.1 Å². The Kier molecular flexibility index (Phi) is 6.95. The Morgan fingerprint density at radius 1 is 0.841 bits per heavy atom. The first-order valence-corrected chi connectivity index (χ1v) is 16.5. The lowest BCUT2D eigenvalue weighted by Gasteiger charge is -2.48. The van der Waals surface area contributed by atoms with Gasteiger partial charge in [-0.3, -0.25) is 4.48 Å². The van der Waals surface area contributed by atoms with Crippen LogP contribution >= 0.6 is 11.3 Å². The highest BCUT2D eigenvalue weighted by Crippen LogP contribution is 2.39. The predicted molar refractivity (Wildman–Crippen MR) is 172 cm³/mol. The summed E-state index contributed by atoms with van der Waals surface area (Å²) in [5.41, 5.74) is 6.01. The molecule has 6 aromatic rings. The van der Waals surface area contributed by atoms with Gasteiger partial charge in [0.25, 0.3) is 0 Å². The maximum atomic E-state index is 12.7. The molecule has 1 saturated heterocycles. The van der Waals surface area contributed by atoms with Crippen LogP contribution in [0.4, 0.5) is 5.69 Å². The number of carbonyl (C=O) groups is 1. The number of piperidine rings is 1. The standard InChI is InChI=1S/C34H34N7O2S/c42-33(43-40-31-12-6-5-11-29(31)36-38-40)26-15-13-24(14-16-26)30-23-39-34(35-30)44-32(37-39)25-17-19-28(20-18-25)41(21-7-2-8-22-41)27-9-3-1-4-10-27/h5-6,11-20,23,27H,1-4,7-10,21-22H2/q+1. The van der Waals surface area contributed by atoms with Crippen molar-refractivity contribution in [3.05, 3.63) is 84.6 Å². The zero-order valence-corrected chi connectivity index (χ0v) is 25.3. The summed E-state index contributed by atoms with van der Waals surface area (Å²) >= 11 is 1.59. The number of fused-ring (bicyclic) bond motifs is 2. The van der Waals surface area contributed by atoms with Gasteiger partial charge in [0.1, 0.15) is 21.7 Å². The highest BCUT2D eigenvalue weighted by molar-refractivity contribution is 7.19. The van der Waals surface area contributed by atoms with Gasteiger partial charge in [-0.2, -0.15) is 5.10 Å². The van der Waals surface area contributed by atoms with E-state index in [1.54, 1.807) is 29.5 Å². The average Bonchev–Trinajstić information content (AvgIpc) is 3.80. The molecular formula is C34H34N7O2S+. The molecule has 0 unspecified atom stereocenters. The van der Waals surface area contributed by atoms with Gasteiger partial charge in [0, 0.05) is 11.1 Å². The number of rotatable bonds is 6. The Morgan fingerprint density at radius 3 is 2.34 bits per heavy atom. The van der Waals surface area contributed by atoms with Crippen molar-refractivity contribution in [1.82, 2.24) is 34.2 Å². The maximum Gasteiger partial charge on any atom is 0.365 e. The molecule has 44 heavy (non-hydrogen) atoms. The molecule has 2 aliphatic rings. The van der Waals surface area contributed by atoms with E-state index in [2.05, 4.69) is 34.6 Å². The molecule has 2 fully saturated rings. The molecule has 0 amide bonds. The number of aromatic nitrogens is 6. The van der Waals surface area contributed by atoms with Gasteiger partial charge >= 0.3 is 5.97 Å². The van der Waals surface area contributed by atoms with E-state index in [0.29, 0.717) is 16.6 Å². The van der Waals surface area contributed by atoms with E-state index in [1.165, 1.54) is 74.6 Å². The molecule has 9 nitrogen and oxygen atoms in total. The number of nitrogens with zero attached hydrogens (tertiary/aromatic N) is 7. The van der Waals surface area contributed by atoms with E-state index in [4.69, 9.17) is 14.9 Å². The van der Waals surface area contributed by atoms with Crippen LogP contribution in [0, 0.1) is 0 Å². The summed E-state index contributed by atoms with van der Waals surface area (Å²) < 4.78 is 3.03. The van der Waals surface area contributed by atoms with E-state index in [0.717, 1.165) is 37.7 Å². The second kappa shape index (κ2) is 11.3. The maximum absolute atomic E-state index is 12.7. The first kappa shape index (κ1) is 27.2. The van der Waals surface area contributed by atoms with Crippen molar-refractivity contribution in [2.24, 2.45) is 0 Å². The Labute approximate surface area is 259 Å². The van der Waals surface area contributed by atoms with Gasteiger partial charge in [-0.25, -0.2) is 14.3 Å². The lowest BCUT2D eigenvalue weighted by atomic mass is 9.89. The number of para-hydroxylation sites is 1. The Morgan fingerprint density at radius 2 is 1.57 bits per heavy atom. The zero-order chi connectivity index (χ0) is 29.5. The average molecular weight is 605 g/mol. The molecule has 3 aromatic heterocycles. The van der Waals surface area contributed by atoms with E-state index in [9.17, 15) is 4.79 Å². The fourth-order valence-electron chi connectivity index (χ4n) is 7.17. The van der Waals surface area contributed by atoms with E-state index >= 15 is 0 Å². The van der Waals surface area contributed by atoms with Crippen molar-refractivity contribution >= 4 is 39.0 Å². The fraction of sp³-hybridized carbons (Fsp3) is 0.324. The monoisotopic (exact) mass is 604 g/mol. The van der Waals surface area contributed by atoms with E-state index < -0.39 is 5.97 Å². The summed E-state index contributed by atoms with van der Waals surface area (Å²) in [4.78, 5) is 25.0. The summed E-state index contributed by atoms with van der Waals surface area (Å²) in [6, 6.07) is 24.5. The van der Waals surface area contributed by atoms with Crippen LogP contribution in [0.25, 0.3) is 37.8 Å². The highest BCUT2D eigenvalue weighted by Gasteiger charge is 2.40. The van der Waals surface area contributed by atoms with Crippen LogP contribution in [0.1, 0.15) is 61.7 Å². The Bertz CT molecular complexity index is 1900. The minimum absolute atomic E-state index is 0.412. The minimum atomic E-state index is -0.512. The molecule has 0 N–H and O–H groups in total. The number of hydrogen-bond acceptors (Lipinski definition) is 7. The summed E-state index contributed by atoms with van der Waals surface area (Å²) in [5.74, 6) is -0.512. The third-order valence-corrected chi connectivity index (χ3v) is 10.4.